The zero-order valence-electron chi connectivity index (χ0n) is 12.0. The Morgan fingerprint density at radius 1 is 1.36 bits per heavy atom. The minimum absolute atomic E-state index is 0.128. The van der Waals surface area contributed by atoms with Gasteiger partial charge in [-0.1, -0.05) is 42.5 Å². The van der Waals surface area contributed by atoms with E-state index in [1.165, 1.54) is 0 Å². The van der Waals surface area contributed by atoms with Crippen molar-refractivity contribution in [2.75, 3.05) is 13.1 Å². The normalized spacial score (nSPS) is 35.2. The van der Waals surface area contributed by atoms with Crippen LogP contribution in [0.2, 0.25) is 0 Å². The summed E-state index contributed by atoms with van der Waals surface area (Å²) in [6.07, 6.45) is 3.85. The average Bonchev–Trinajstić information content (AvgIpc) is 3.14. The Kier molecular flexibility index (Phi) is 2.87. The quantitative estimate of drug-likeness (QED) is 0.720. The van der Waals surface area contributed by atoms with Gasteiger partial charge in [0, 0.05) is 18.4 Å². The van der Waals surface area contributed by atoms with Crippen molar-refractivity contribution in [2.45, 2.75) is 18.1 Å². The van der Waals surface area contributed by atoms with Crippen LogP contribution >= 0.6 is 0 Å². The van der Waals surface area contributed by atoms with Crippen LogP contribution in [-0.4, -0.2) is 41.6 Å². The molecular formula is C17H16NO4-. The molecule has 3 aliphatic heterocycles. The van der Waals surface area contributed by atoms with Gasteiger partial charge in [-0.2, -0.15) is 0 Å². The van der Waals surface area contributed by atoms with Gasteiger partial charge in [-0.05, 0) is 12.0 Å². The number of benzene rings is 1. The van der Waals surface area contributed by atoms with Crippen LogP contribution in [0.15, 0.2) is 42.5 Å². The number of carbonyl (C=O) groups is 2. The summed E-state index contributed by atoms with van der Waals surface area (Å²) in [5, 5.41) is 11.4. The van der Waals surface area contributed by atoms with E-state index in [1.54, 1.807) is 11.0 Å². The largest absolute Gasteiger partial charge is 0.550 e. The summed E-state index contributed by atoms with van der Waals surface area (Å²) in [5.41, 5.74) is 0.394. The molecule has 0 aliphatic carbocycles. The molecule has 1 aromatic carbocycles. The van der Waals surface area contributed by atoms with Gasteiger partial charge in [-0.15, -0.1) is 0 Å². The number of fused-ring (bicyclic) bond motifs is 1. The molecule has 1 spiro atoms. The second-order valence-electron chi connectivity index (χ2n) is 6.21. The van der Waals surface area contributed by atoms with Crippen molar-refractivity contribution in [3.05, 3.63) is 48.0 Å². The van der Waals surface area contributed by atoms with Gasteiger partial charge in [0.05, 0.1) is 18.6 Å². The molecular weight excluding hydrogens is 282 g/mol. The van der Waals surface area contributed by atoms with Gasteiger partial charge < -0.3 is 19.5 Å². The molecule has 0 saturated carbocycles. The molecule has 0 aromatic heterocycles. The van der Waals surface area contributed by atoms with Gasteiger partial charge in [0.25, 0.3) is 0 Å². The average molecular weight is 298 g/mol. The van der Waals surface area contributed by atoms with E-state index in [1.807, 2.05) is 36.4 Å². The summed E-state index contributed by atoms with van der Waals surface area (Å²) in [6, 6.07) is 9.93. The highest BCUT2D eigenvalue weighted by molar-refractivity contribution is 5.90. The number of rotatable bonds is 4. The van der Waals surface area contributed by atoms with Crippen LogP contribution < -0.4 is 5.11 Å². The first kappa shape index (κ1) is 13.5. The van der Waals surface area contributed by atoms with Crippen LogP contribution in [0.3, 0.4) is 0 Å². The van der Waals surface area contributed by atoms with Gasteiger partial charge in [0.15, 0.2) is 0 Å². The van der Waals surface area contributed by atoms with Crippen LogP contribution in [0.5, 0.6) is 0 Å². The molecule has 0 radical (unpaired) electrons. The number of hydrogen-bond acceptors (Lipinski definition) is 4. The summed E-state index contributed by atoms with van der Waals surface area (Å²) in [5.74, 6) is -2.82. The summed E-state index contributed by atoms with van der Waals surface area (Å²) in [4.78, 5) is 25.7. The highest BCUT2D eigenvalue weighted by Gasteiger charge is 2.65. The first-order valence-corrected chi connectivity index (χ1v) is 7.51. The third-order valence-corrected chi connectivity index (χ3v) is 4.96. The Balaban J connectivity index is 1.53. The molecule has 0 unspecified atom stereocenters. The first-order valence-electron chi connectivity index (χ1n) is 7.51. The second-order valence-corrected chi connectivity index (χ2v) is 6.21. The molecule has 5 nitrogen and oxygen atoms in total. The fraction of sp³-hybridized carbons (Fsp3) is 0.412. The number of carbonyl (C=O) groups excluding carboxylic acids is 2. The van der Waals surface area contributed by atoms with E-state index in [-0.39, 0.29) is 5.91 Å². The molecule has 114 valence electrons. The van der Waals surface area contributed by atoms with Gasteiger partial charge in [-0.3, -0.25) is 4.79 Å². The van der Waals surface area contributed by atoms with E-state index in [4.69, 9.17) is 4.74 Å². The molecule has 3 heterocycles. The third kappa shape index (κ3) is 1.82. The monoisotopic (exact) mass is 298 g/mol. The standard InChI is InChI=1S/C17H17NO4/c19-15-14-13(16(20)21)12-6-8-17(14,22-12)10-18(15)9-7-11-4-2-1-3-5-11/h1-6,8,12-14H,7,9-10H2,(H,20,21)/p-1/t12-,13+,14-,17-/m0/s1. The van der Waals surface area contributed by atoms with E-state index in [0.29, 0.717) is 13.1 Å². The van der Waals surface area contributed by atoms with Gasteiger partial charge in [0.1, 0.15) is 5.60 Å². The highest BCUT2D eigenvalue weighted by atomic mass is 16.5. The van der Waals surface area contributed by atoms with E-state index in [0.717, 1.165) is 12.0 Å². The third-order valence-electron chi connectivity index (χ3n) is 4.96. The van der Waals surface area contributed by atoms with Crippen LogP contribution in [-0.2, 0) is 20.7 Å². The number of carboxylic acid groups (broad SMARTS) is 1. The predicted octanol–water partition coefficient (Wildman–Crippen LogP) is -0.239. The molecule has 22 heavy (non-hydrogen) atoms. The minimum atomic E-state index is -1.19. The predicted molar refractivity (Wildman–Crippen MR) is 75.5 cm³/mol. The topological polar surface area (TPSA) is 69.7 Å². The summed E-state index contributed by atoms with van der Waals surface area (Å²) in [7, 11) is 0. The number of nitrogens with zero attached hydrogens (tertiary/aromatic N) is 1. The first-order chi connectivity index (χ1) is 10.6. The van der Waals surface area contributed by atoms with Crippen molar-refractivity contribution in [1.29, 1.82) is 0 Å². The van der Waals surface area contributed by atoms with Crippen molar-refractivity contribution >= 4 is 11.9 Å². The molecule has 3 aliphatic rings. The molecule has 5 heteroatoms. The van der Waals surface area contributed by atoms with Gasteiger partial charge in [0.2, 0.25) is 5.91 Å². The summed E-state index contributed by atoms with van der Waals surface area (Å²) >= 11 is 0. The fourth-order valence-corrected chi connectivity index (χ4v) is 3.95. The van der Waals surface area contributed by atoms with E-state index in [9.17, 15) is 14.7 Å². The molecule has 4 atom stereocenters. The fourth-order valence-electron chi connectivity index (χ4n) is 3.95. The molecule has 4 rings (SSSR count). The minimum Gasteiger partial charge on any atom is -0.550 e. The van der Waals surface area contributed by atoms with Crippen LogP contribution in [0.1, 0.15) is 5.56 Å². The van der Waals surface area contributed by atoms with Gasteiger partial charge >= 0.3 is 0 Å². The van der Waals surface area contributed by atoms with E-state index in [2.05, 4.69) is 0 Å². The number of amides is 1. The van der Waals surface area contributed by atoms with Crippen molar-refractivity contribution in [2.24, 2.45) is 11.8 Å². The molecule has 2 bridgehead atoms. The SMILES string of the molecule is O=C([O-])[C@@H]1[C@@H]2C=C[C@@]3(CN(CCc4ccccc4)C(=O)[C@H]13)O2. The second kappa shape index (κ2) is 4.68. The Labute approximate surface area is 128 Å². The number of carboxylic acids is 1. The van der Waals surface area contributed by atoms with Gasteiger partial charge in [-0.25, -0.2) is 0 Å². The number of likely N-dealkylation sites (tertiary alicyclic amines) is 1. The maximum Gasteiger partial charge on any atom is 0.229 e. The molecule has 0 N–H and O–H groups in total. The molecule has 1 amide bonds. The molecule has 2 fully saturated rings. The number of hydrogen-bond donors (Lipinski definition) is 0. The van der Waals surface area contributed by atoms with Crippen molar-refractivity contribution in [1.82, 2.24) is 4.90 Å². The lowest BCUT2D eigenvalue weighted by Crippen LogP contribution is -2.45. The molecule has 1 aromatic rings. The van der Waals surface area contributed by atoms with Crippen molar-refractivity contribution in [3.8, 4) is 0 Å². The van der Waals surface area contributed by atoms with Crippen LogP contribution in [0, 0.1) is 11.8 Å². The van der Waals surface area contributed by atoms with E-state index >= 15 is 0 Å². The van der Waals surface area contributed by atoms with E-state index < -0.39 is 29.5 Å². The summed E-state index contributed by atoms with van der Waals surface area (Å²) in [6.45, 7) is 1.00. The molecule has 2 saturated heterocycles. The smallest absolute Gasteiger partial charge is 0.229 e. The van der Waals surface area contributed by atoms with Crippen LogP contribution in [0.25, 0.3) is 0 Å². The Bertz CT molecular complexity index is 656. The lowest BCUT2D eigenvalue weighted by atomic mass is 9.77. The van der Waals surface area contributed by atoms with Crippen LogP contribution in [0.4, 0.5) is 0 Å². The lowest BCUT2D eigenvalue weighted by Gasteiger charge is -2.24. The maximum atomic E-state index is 12.6. The maximum absolute atomic E-state index is 12.6. The zero-order valence-corrected chi connectivity index (χ0v) is 12.0. The van der Waals surface area contributed by atoms with Crippen molar-refractivity contribution in [3.63, 3.8) is 0 Å². The Hall–Kier alpha value is -2.14. The zero-order chi connectivity index (χ0) is 15.3. The Morgan fingerprint density at radius 2 is 2.14 bits per heavy atom. The number of ether oxygens (including phenoxy) is 1. The Morgan fingerprint density at radius 3 is 2.86 bits per heavy atom. The summed E-state index contributed by atoms with van der Waals surface area (Å²) < 4.78 is 5.82. The number of aliphatic carboxylic acids is 1. The van der Waals surface area contributed by atoms with Crippen molar-refractivity contribution < 1.29 is 19.4 Å². The highest BCUT2D eigenvalue weighted by Crippen LogP contribution is 2.51. The lowest BCUT2D eigenvalue weighted by molar-refractivity contribution is -0.313.